The van der Waals surface area contributed by atoms with Gasteiger partial charge in [0.2, 0.25) is 5.95 Å². The average Bonchev–Trinajstić information content (AvgIpc) is 2.64. The van der Waals surface area contributed by atoms with Crippen molar-refractivity contribution in [3.8, 4) is 0 Å². The standard InChI is InChI=1S/C19H19N5O/c1-13-6-5-7-14(2)17(13)24-19-22-10-15(11-23-19)18(25)21-12-16-8-3-4-9-20-16/h3-11H,12H2,1-2H3,(H,21,25)(H,22,23,24). The van der Waals surface area contributed by atoms with E-state index in [4.69, 9.17) is 0 Å². The average molecular weight is 333 g/mol. The highest BCUT2D eigenvalue weighted by molar-refractivity contribution is 5.93. The normalized spacial score (nSPS) is 10.3. The highest BCUT2D eigenvalue weighted by Gasteiger charge is 2.09. The Hall–Kier alpha value is -3.28. The topological polar surface area (TPSA) is 79.8 Å². The Morgan fingerprint density at radius 3 is 2.32 bits per heavy atom. The van der Waals surface area contributed by atoms with E-state index >= 15 is 0 Å². The maximum atomic E-state index is 12.2. The molecule has 0 aliphatic heterocycles. The van der Waals surface area contributed by atoms with Gasteiger partial charge >= 0.3 is 0 Å². The van der Waals surface area contributed by atoms with Gasteiger partial charge in [-0.05, 0) is 37.1 Å². The van der Waals surface area contributed by atoms with E-state index in [0.29, 0.717) is 18.1 Å². The zero-order valence-electron chi connectivity index (χ0n) is 14.2. The fourth-order valence-electron chi connectivity index (χ4n) is 2.41. The summed E-state index contributed by atoms with van der Waals surface area (Å²) in [6, 6.07) is 11.6. The molecule has 25 heavy (non-hydrogen) atoms. The van der Waals surface area contributed by atoms with Crippen molar-refractivity contribution >= 4 is 17.5 Å². The number of aromatic nitrogens is 3. The lowest BCUT2D eigenvalue weighted by molar-refractivity contribution is 0.0949. The van der Waals surface area contributed by atoms with Crippen LogP contribution in [0.4, 0.5) is 11.6 Å². The van der Waals surface area contributed by atoms with E-state index in [1.807, 2.05) is 50.2 Å². The number of hydrogen-bond donors (Lipinski definition) is 2. The van der Waals surface area contributed by atoms with Crippen LogP contribution in [-0.4, -0.2) is 20.9 Å². The highest BCUT2D eigenvalue weighted by atomic mass is 16.1. The minimum absolute atomic E-state index is 0.232. The zero-order valence-corrected chi connectivity index (χ0v) is 14.2. The van der Waals surface area contributed by atoms with Gasteiger partial charge in [-0.3, -0.25) is 9.78 Å². The molecule has 2 aromatic heterocycles. The predicted octanol–water partition coefficient (Wildman–Crippen LogP) is 3.16. The molecule has 0 unspecified atom stereocenters. The Morgan fingerprint density at radius 2 is 1.68 bits per heavy atom. The number of pyridine rings is 1. The van der Waals surface area contributed by atoms with Crippen LogP contribution in [-0.2, 0) is 6.54 Å². The van der Waals surface area contributed by atoms with Crippen molar-refractivity contribution in [2.45, 2.75) is 20.4 Å². The minimum atomic E-state index is -0.232. The molecule has 6 nitrogen and oxygen atoms in total. The first-order valence-electron chi connectivity index (χ1n) is 7.97. The highest BCUT2D eigenvalue weighted by Crippen LogP contribution is 2.22. The number of anilines is 2. The number of nitrogens with one attached hydrogen (secondary N) is 2. The number of amides is 1. The van der Waals surface area contributed by atoms with Gasteiger partial charge in [0.05, 0.1) is 17.8 Å². The number of benzene rings is 1. The molecule has 0 saturated heterocycles. The summed E-state index contributed by atoms with van der Waals surface area (Å²) in [5, 5.41) is 6.00. The second-order valence-electron chi connectivity index (χ2n) is 5.69. The first-order chi connectivity index (χ1) is 12.1. The van der Waals surface area contributed by atoms with Crippen LogP contribution in [0, 0.1) is 13.8 Å². The van der Waals surface area contributed by atoms with Crippen molar-refractivity contribution < 1.29 is 4.79 Å². The SMILES string of the molecule is Cc1cccc(C)c1Nc1ncc(C(=O)NCc2ccccn2)cn1. The minimum Gasteiger partial charge on any atom is -0.346 e. The van der Waals surface area contributed by atoms with Gasteiger partial charge in [0.15, 0.2) is 0 Å². The van der Waals surface area contributed by atoms with Crippen LogP contribution in [0.3, 0.4) is 0 Å². The Balaban J connectivity index is 1.64. The maximum Gasteiger partial charge on any atom is 0.254 e. The summed E-state index contributed by atoms with van der Waals surface area (Å²) in [4.78, 5) is 24.8. The second-order valence-corrected chi connectivity index (χ2v) is 5.69. The van der Waals surface area contributed by atoms with Gasteiger partial charge in [-0.1, -0.05) is 24.3 Å². The van der Waals surface area contributed by atoms with Gasteiger partial charge in [-0.15, -0.1) is 0 Å². The molecular formula is C19H19N5O. The molecule has 2 N–H and O–H groups in total. The first-order valence-corrected chi connectivity index (χ1v) is 7.97. The predicted molar refractivity (Wildman–Crippen MR) is 96.6 cm³/mol. The molecule has 1 amide bonds. The molecule has 1 aromatic carbocycles. The van der Waals surface area contributed by atoms with Crippen LogP contribution in [0.2, 0.25) is 0 Å². The van der Waals surface area contributed by atoms with Crippen LogP contribution >= 0.6 is 0 Å². The summed E-state index contributed by atoms with van der Waals surface area (Å²) >= 11 is 0. The molecule has 3 rings (SSSR count). The molecule has 3 aromatic rings. The Bertz CT molecular complexity index is 842. The van der Waals surface area contributed by atoms with Crippen LogP contribution < -0.4 is 10.6 Å². The summed E-state index contributed by atoms with van der Waals surface area (Å²) in [6.07, 6.45) is 4.71. The van der Waals surface area contributed by atoms with Gasteiger partial charge in [0.1, 0.15) is 0 Å². The summed E-state index contributed by atoms with van der Waals surface area (Å²) in [5.74, 6) is 0.225. The number of rotatable bonds is 5. The molecule has 0 aliphatic carbocycles. The molecule has 0 fully saturated rings. The maximum absolute atomic E-state index is 12.2. The number of aryl methyl sites for hydroxylation is 2. The molecule has 2 heterocycles. The number of hydrogen-bond acceptors (Lipinski definition) is 5. The molecule has 126 valence electrons. The molecule has 0 saturated carbocycles. The van der Waals surface area contributed by atoms with E-state index in [0.717, 1.165) is 22.5 Å². The Labute approximate surface area is 146 Å². The summed E-state index contributed by atoms with van der Waals surface area (Å²) in [7, 11) is 0. The largest absolute Gasteiger partial charge is 0.346 e. The van der Waals surface area contributed by atoms with Crippen LogP contribution in [0.1, 0.15) is 27.2 Å². The molecule has 0 spiro atoms. The van der Waals surface area contributed by atoms with E-state index in [1.165, 1.54) is 12.4 Å². The van der Waals surface area contributed by atoms with Crippen LogP contribution in [0.25, 0.3) is 0 Å². The Morgan fingerprint density at radius 1 is 0.960 bits per heavy atom. The molecule has 0 bridgehead atoms. The van der Waals surface area contributed by atoms with Crippen molar-refractivity contribution in [3.05, 3.63) is 77.4 Å². The second kappa shape index (κ2) is 7.53. The quantitative estimate of drug-likeness (QED) is 0.750. The van der Waals surface area contributed by atoms with E-state index < -0.39 is 0 Å². The lowest BCUT2D eigenvalue weighted by Gasteiger charge is -2.11. The summed E-state index contributed by atoms with van der Waals surface area (Å²) < 4.78 is 0. The van der Waals surface area contributed by atoms with Crippen LogP contribution in [0.15, 0.2) is 55.0 Å². The first kappa shape index (κ1) is 16.6. The number of nitrogens with zero attached hydrogens (tertiary/aromatic N) is 3. The van der Waals surface area contributed by atoms with Crippen molar-refractivity contribution in [2.75, 3.05) is 5.32 Å². The third kappa shape index (κ3) is 4.17. The smallest absolute Gasteiger partial charge is 0.254 e. The van der Waals surface area contributed by atoms with Gasteiger partial charge in [0, 0.05) is 24.3 Å². The zero-order chi connectivity index (χ0) is 17.6. The van der Waals surface area contributed by atoms with Gasteiger partial charge in [-0.25, -0.2) is 9.97 Å². The molecule has 6 heteroatoms. The van der Waals surface area contributed by atoms with E-state index in [9.17, 15) is 4.79 Å². The van der Waals surface area contributed by atoms with Crippen molar-refractivity contribution in [2.24, 2.45) is 0 Å². The third-order valence-corrected chi connectivity index (χ3v) is 3.79. The van der Waals surface area contributed by atoms with E-state index in [-0.39, 0.29) is 5.91 Å². The molecule has 0 aliphatic rings. The van der Waals surface area contributed by atoms with Crippen molar-refractivity contribution in [1.29, 1.82) is 0 Å². The van der Waals surface area contributed by atoms with Gasteiger partial charge in [-0.2, -0.15) is 0 Å². The Kier molecular flexibility index (Phi) is 4.99. The summed E-state index contributed by atoms with van der Waals surface area (Å²) in [5.41, 5.74) is 4.41. The monoisotopic (exact) mass is 333 g/mol. The van der Waals surface area contributed by atoms with E-state index in [1.54, 1.807) is 6.20 Å². The lowest BCUT2D eigenvalue weighted by Crippen LogP contribution is -2.23. The van der Waals surface area contributed by atoms with Crippen LogP contribution in [0.5, 0.6) is 0 Å². The number of para-hydroxylation sites is 1. The van der Waals surface area contributed by atoms with Gasteiger partial charge in [0.25, 0.3) is 5.91 Å². The fraction of sp³-hybridized carbons (Fsp3) is 0.158. The van der Waals surface area contributed by atoms with E-state index in [2.05, 4.69) is 25.6 Å². The number of carbonyl (C=O) groups is 1. The van der Waals surface area contributed by atoms with Crippen molar-refractivity contribution in [1.82, 2.24) is 20.3 Å². The third-order valence-electron chi connectivity index (χ3n) is 3.79. The summed E-state index contributed by atoms with van der Waals surface area (Å²) in [6.45, 7) is 4.41. The fourth-order valence-corrected chi connectivity index (χ4v) is 2.41. The lowest BCUT2D eigenvalue weighted by atomic mass is 10.1. The molecule has 0 atom stereocenters. The van der Waals surface area contributed by atoms with Crippen molar-refractivity contribution in [3.63, 3.8) is 0 Å². The molecular weight excluding hydrogens is 314 g/mol. The molecule has 0 radical (unpaired) electrons. The number of carbonyl (C=O) groups excluding carboxylic acids is 1. The van der Waals surface area contributed by atoms with Gasteiger partial charge < -0.3 is 10.6 Å².